The summed E-state index contributed by atoms with van der Waals surface area (Å²) in [5.41, 5.74) is 5.95. The summed E-state index contributed by atoms with van der Waals surface area (Å²) in [5, 5.41) is 3.86. The molecule has 0 radical (unpaired) electrons. The maximum atomic E-state index is 11.1. The Labute approximate surface area is 89.2 Å². The van der Waals surface area contributed by atoms with Crippen molar-refractivity contribution in [1.82, 2.24) is 10.1 Å². The molecule has 1 aromatic heterocycles. The highest BCUT2D eigenvalue weighted by Gasteiger charge is 2.27. The van der Waals surface area contributed by atoms with Crippen LogP contribution in [0.2, 0.25) is 0 Å². The fraction of sp³-hybridized carbons (Fsp3) is 0.600. The molecule has 5 nitrogen and oxygen atoms in total. The predicted octanol–water partition coefficient (Wildman–Crippen LogP) is 1.01. The van der Waals surface area contributed by atoms with Crippen LogP contribution in [0.15, 0.2) is 10.6 Å². The summed E-state index contributed by atoms with van der Waals surface area (Å²) in [6.45, 7) is 6.09. The normalized spacial score (nSPS) is 11.5. The van der Waals surface area contributed by atoms with E-state index in [1.54, 1.807) is 18.0 Å². The maximum Gasteiger partial charge on any atom is 0.222 e. The first-order valence-corrected chi connectivity index (χ1v) is 4.77. The summed E-state index contributed by atoms with van der Waals surface area (Å²) in [4.78, 5) is 12.8. The van der Waals surface area contributed by atoms with Crippen LogP contribution in [0, 0.1) is 0 Å². The molecule has 15 heavy (non-hydrogen) atoms. The zero-order valence-electron chi connectivity index (χ0n) is 9.57. The highest BCUT2D eigenvalue weighted by molar-refractivity contribution is 5.73. The van der Waals surface area contributed by atoms with E-state index in [9.17, 15) is 4.79 Å². The Morgan fingerprint density at radius 1 is 1.67 bits per heavy atom. The molecule has 0 aromatic carbocycles. The SMILES string of the molecule is CC(=O)N(C)CC(C)(C)c1cc(N)on1. The zero-order chi connectivity index (χ0) is 11.6. The number of aromatic nitrogens is 1. The van der Waals surface area contributed by atoms with Gasteiger partial charge in [0.25, 0.3) is 0 Å². The summed E-state index contributed by atoms with van der Waals surface area (Å²) in [6, 6.07) is 1.69. The average Bonchev–Trinajstić information content (AvgIpc) is 2.51. The van der Waals surface area contributed by atoms with Gasteiger partial charge in [-0.2, -0.15) is 0 Å². The largest absolute Gasteiger partial charge is 0.368 e. The van der Waals surface area contributed by atoms with Crippen molar-refractivity contribution >= 4 is 11.8 Å². The van der Waals surface area contributed by atoms with Gasteiger partial charge in [0.15, 0.2) is 0 Å². The van der Waals surface area contributed by atoms with Crippen LogP contribution in [0.5, 0.6) is 0 Å². The number of nitrogens with zero attached hydrogens (tertiary/aromatic N) is 2. The smallest absolute Gasteiger partial charge is 0.222 e. The monoisotopic (exact) mass is 211 g/mol. The lowest BCUT2D eigenvalue weighted by molar-refractivity contribution is -0.128. The van der Waals surface area contributed by atoms with Crippen LogP contribution >= 0.6 is 0 Å². The fourth-order valence-electron chi connectivity index (χ4n) is 1.39. The van der Waals surface area contributed by atoms with E-state index in [0.29, 0.717) is 12.4 Å². The lowest BCUT2D eigenvalue weighted by Crippen LogP contribution is -2.37. The lowest BCUT2D eigenvalue weighted by Gasteiger charge is -2.27. The molecule has 1 amide bonds. The van der Waals surface area contributed by atoms with Gasteiger partial charge in [-0.05, 0) is 0 Å². The van der Waals surface area contributed by atoms with E-state index in [-0.39, 0.29) is 11.3 Å². The lowest BCUT2D eigenvalue weighted by atomic mass is 9.89. The Hall–Kier alpha value is -1.52. The molecule has 0 aliphatic rings. The third-order valence-electron chi connectivity index (χ3n) is 2.39. The van der Waals surface area contributed by atoms with Crippen molar-refractivity contribution in [3.05, 3.63) is 11.8 Å². The van der Waals surface area contributed by atoms with Crippen LogP contribution in [-0.4, -0.2) is 29.6 Å². The van der Waals surface area contributed by atoms with Crippen molar-refractivity contribution in [2.45, 2.75) is 26.2 Å². The first kappa shape index (κ1) is 11.6. The molecular weight excluding hydrogens is 194 g/mol. The minimum atomic E-state index is -0.262. The van der Waals surface area contributed by atoms with E-state index < -0.39 is 0 Å². The number of likely N-dealkylation sites (N-methyl/N-ethyl adjacent to an activating group) is 1. The first-order chi connectivity index (χ1) is 6.83. The van der Waals surface area contributed by atoms with Gasteiger partial charge in [-0.15, -0.1) is 0 Å². The fourth-order valence-corrected chi connectivity index (χ4v) is 1.39. The van der Waals surface area contributed by atoms with Crippen molar-refractivity contribution < 1.29 is 9.32 Å². The second-order valence-corrected chi connectivity index (χ2v) is 4.37. The minimum absolute atomic E-state index is 0.0274. The summed E-state index contributed by atoms with van der Waals surface area (Å²) in [5.74, 6) is 0.322. The van der Waals surface area contributed by atoms with Crippen molar-refractivity contribution in [1.29, 1.82) is 0 Å². The molecule has 0 spiro atoms. The molecule has 0 atom stereocenters. The zero-order valence-corrected chi connectivity index (χ0v) is 9.57. The number of carbonyl (C=O) groups excluding carboxylic acids is 1. The van der Waals surface area contributed by atoms with Crippen molar-refractivity contribution in [2.24, 2.45) is 0 Å². The number of hydrogen-bond acceptors (Lipinski definition) is 4. The van der Waals surface area contributed by atoms with Crippen LogP contribution in [0.25, 0.3) is 0 Å². The Balaban J connectivity index is 2.79. The molecule has 1 aromatic rings. The van der Waals surface area contributed by atoms with Crippen LogP contribution in [0.1, 0.15) is 26.5 Å². The van der Waals surface area contributed by atoms with Gasteiger partial charge in [0.2, 0.25) is 11.8 Å². The second kappa shape index (κ2) is 3.92. The number of nitrogen functional groups attached to an aromatic ring is 1. The molecule has 0 bridgehead atoms. The van der Waals surface area contributed by atoms with Crippen molar-refractivity contribution in [3.63, 3.8) is 0 Å². The van der Waals surface area contributed by atoms with Gasteiger partial charge in [0.05, 0.1) is 5.69 Å². The molecule has 0 saturated carbocycles. The Morgan fingerprint density at radius 2 is 2.27 bits per heavy atom. The summed E-state index contributed by atoms with van der Waals surface area (Å²) in [6.07, 6.45) is 0. The number of anilines is 1. The van der Waals surface area contributed by atoms with Gasteiger partial charge >= 0.3 is 0 Å². The maximum absolute atomic E-state index is 11.1. The molecule has 2 N–H and O–H groups in total. The highest BCUT2D eigenvalue weighted by Crippen LogP contribution is 2.24. The number of rotatable bonds is 3. The minimum Gasteiger partial charge on any atom is -0.368 e. The first-order valence-electron chi connectivity index (χ1n) is 4.77. The van der Waals surface area contributed by atoms with E-state index in [2.05, 4.69) is 5.16 Å². The number of amides is 1. The summed E-state index contributed by atoms with van der Waals surface area (Å²) in [7, 11) is 1.76. The van der Waals surface area contributed by atoms with Gasteiger partial charge in [0.1, 0.15) is 0 Å². The quantitative estimate of drug-likeness (QED) is 0.810. The van der Waals surface area contributed by atoms with E-state index >= 15 is 0 Å². The van der Waals surface area contributed by atoms with Crippen LogP contribution in [0.3, 0.4) is 0 Å². The third-order valence-corrected chi connectivity index (χ3v) is 2.39. The van der Waals surface area contributed by atoms with Crippen LogP contribution in [-0.2, 0) is 10.2 Å². The molecule has 0 aliphatic heterocycles. The highest BCUT2D eigenvalue weighted by atomic mass is 16.5. The number of hydrogen-bond donors (Lipinski definition) is 1. The molecule has 0 aliphatic carbocycles. The van der Waals surface area contributed by atoms with E-state index in [0.717, 1.165) is 5.69 Å². The molecule has 1 rings (SSSR count). The summed E-state index contributed by atoms with van der Waals surface area (Å²) < 4.78 is 4.82. The van der Waals surface area contributed by atoms with Crippen molar-refractivity contribution in [3.8, 4) is 0 Å². The number of nitrogens with two attached hydrogens (primary N) is 1. The van der Waals surface area contributed by atoms with Gasteiger partial charge in [0, 0.05) is 32.0 Å². The van der Waals surface area contributed by atoms with E-state index in [1.807, 2.05) is 13.8 Å². The standard InChI is InChI=1S/C10H17N3O2/c1-7(14)13(4)6-10(2,3)8-5-9(11)15-12-8/h5H,6,11H2,1-4H3. The molecule has 0 unspecified atom stereocenters. The second-order valence-electron chi connectivity index (χ2n) is 4.37. The Bertz CT molecular complexity index is 357. The molecule has 0 saturated heterocycles. The van der Waals surface area contributed by atoms with E-state index in [4.69, 9.17) is 10.3 Å². The van der Waals surface area contributed by atoms with Gasteiger partial charge in [-0.3, -0.25) is 4.79 Å². The average molecular weight is 211 g/mol. The van der Waals surface area contributed by atoms with Crippen LogP contribution < -0.4 is 5.73 Å². The predicted molar refractivity (Wildman–Crippen MR) is 57.3 cm³/mol. The Kier molecular flexibility index (Phi) is 3.02. The molecular formula is C10H17N3O2. The van der Waals surface area contributed by atoms with E-state index in [1.165, 1.54) is 6.92 Å². The summed E-state index contributed by atoms with van der Waals surface area (Å²) >= 11 is 0. The van der Waals surface area contributed by atoms with Gasteiger partial charge < -0.3 is 15.2 Å². The van der Waals surface area contributed by atoms with Crippen LogP contribution in [0.4, 0.5) is 5.88 Å². The topological polar surface area (TPSA) is 72.4 Å². The van der Waals surface area contributed by atoms with Gasteiger partial charge in [-0.1, -0.05) is 19.0 Å². The molecule has 1 heterocycles. The molecule has 84 valence electrons. The Morgan fingerprint density at radius 3 is 2.67 bits per heavy atom. The number of carbonyl (C=O) groups is 1. The third kappa shape index (κ3) is 2.71. The molecule has 5 heteroatoms. The van der Waals surface area contributed by atoms with Gasteiger partial charge in [-0.25, -0.2) is 0 Å². The van der Waals surface area contributed by atoms with Crippen molar-refractivity contribution in [2.75, 3.05) is 19.3 Å². The molecule has 0 fully saturated rings.